The van der Waals surface area contributed by atoms with Gasteiger partial charge < -0.3 is 14.5 Å². The van der Waals surface area contributed by atoms with Crippen molar-refractivity contribution in [3.63, 3.8) is 0 Å². The van der Waals surface area contributed by atoms with Crippen molar-refractivity contribution in [1.82, 2.24) is 14.2 Å². The second kappa shape index (κ2) is 13.3. The molecule has 4 aromatic rings. The van der Waals surface area contributed by atoms with E-state index in [0.717, 1.165) is 27.7 Å². The Kier molecular flexibility index (Phi) is 9.56. The number of hydrogen-bond acceptors (Lipinski definition) is 5. The first-order valence-electron chi connectivity index (χ1n) is 15.3. The Hall–Kier alpha value is -2.89. The number of fused-ring (bicyclic) bond motifs is 3. The number of ether oxygens (including phenoxy) is 2. The first kappa shape index (κ1) is 33.0. The topological polar surface area (TPSA) is 91.9 Å². The summed E-state index contributed by atoms with van der Waals surface area (Å²) in [7, 11) is -4.14. The molecule has 1 atom stereocenters. The van der Waals surface area contributed by atoms with Crippen molar-refractivity contribution in [2.45, 2.75) is 31.4 Å². The van der Waals surface area contributed by atoms with Crippen LogP contribution >= 0.6 is 33.2 Å². The maximum atomic E-state index is 13.6. The fourth-order valence-corrected chi connectivity index (χ4v) is 10.3. The number of halogens is 2. The van der Waals surface area contributed by atoms with Crippen LogP contribution in [0.15, 0.2) is 66.7 Å². The number of sulfonamides is 1. The zero-order valence-corrected chi connectivity index (χ0v) is 29.3. The summed E-state index contributed by atoms with van der Waals surface area (Å²) in [6.45, 7) is 1.38. The first-order valence-corrected chi connectivity index (χ1v) is 20.7. The summed E-state index contributed by atoms with van der Waals surface area (Å²) in [6.07, 6.45) is 7.81. The first-order chi connectivity index (χ1) is 21.9. The van der Waals surface area contributed by atoms with E-state index in [1.165, 1.54) is 0 Å². The molecule has 0 bridgehead atoms. The van der Waals surface area contributed by atoms with Crippen molar-refractivity contribution < 1.29 is 22.7 Å². The Balaban J connectivity index is 1.19. The van der Waals surface area contributed by atoms with Crippen LogP contribution in [0.4, 0.5) is 4.79 Å². The average Bonchev–Trinajstić information content (AvgIpc) is 3.39. The van der Waals surface area contributed by atoms with E-state index in [1.807, 2.05) is 42.5 Å². The minimum absolute atomic E-state index is 0.0730. The zero-order valence-electron chi connectivity index (χ0n) is 26.2. The van der Waals surface area contributed by atoms with E-state index in [4.69, 9.17) is 32.7 Å². The third-order valence-corrected chi connectivity index (χ3v) is 12.6. The molecule has 8 nitrogen and oxygen atoms in total. The molecule has 1 amide bonds. The summed E-state index contributed by atoms with van der Waals surface area (Å²) in [5.74, 6) is 2.04. The molecule has 1 fully saturated rings. The largest absolute Gasteiger partial charge is 0.490 e. The second-order valence-corrected chi connectivity index (χ2v) is 20.3. The molecule has 1 aromatic heterocycles. The van der Waals surface area contributed by atoms with E-state index in [2.05, 4.69) is 23.8 Å². The molecule has 3 heterocycles. The number of nitrogens with zero attached hydrogens (tertiary/aromatic N) is 2. The molecule has 46 heavy (non-hydrogen) atoms. The summed E-state index contributed by atoms with van der Waals surface area (Å²) < 4.78 is 39.5. The van der Waals surface area contributed by atoms with E-state index >= 15 is 0 Å². The maximum Gasteiger partial charge on any atom is 0.416 e. The van der Waals surface area contributed by atoms with Crippen LogP contribution in [0.25, 0.3) is 10.9 Å². The van der Waals surface area contributed by atoms with Crippen molar-refractivity contribution in [3.05, 3.63) is 93.6 Å². The number of carbonyl (C=O) groups excluding carboxylic acids is 1. The van der Waals surface area contributed by atoms with Gasteiger partial charge in [0, 0.05) is 46.3 Å². The second-order valence-electron chi connectivity index (χ2n) is 12.8. The molecule has 3 aromatic carbocycles. The smallest absolute Gasteiger partial charge is 0.416 e. The molecule has 2 aliphatic heterocycles. The van der Waals surface area contributed by atoms with Gasteiger partial charge in [-0.05, 0) is 110 Å². The van der Waals surface area contributed by atoms with Gasteiger partial charge in [0.05, 0.1) is 5.75 Å². The molecule has 0 unspecified atom stereocenters. The van der Waals surface area contributed by atoms with Crippen LogP contribution in [0.5, 0.6) is 11.5 Å². The molecule has 1 N–H and O–H groups in total. The molecule has 0 spiro atoms. The number of piperidine rings is 1. The third kappa shape index (κ3) is 7.47. The fraction of sp³-hybridized carbons (Fsp3) is 0.382. The lowest BCUT2D eigenvalue weighted by Crippen LogP contribution is -2.43. The van der Waals surface area contributed by atoms with E-state index < -0.39 is 32.2 Å². The zero-order chi connectivity index (χ0) is 32.6. The molecule has 246 valence electrons. The minimum Gasteiger partial charge on any atom is -0.490 e. The van der Waals surface area contributed by atoms with Crippen molar-refractivity contribution in [3.8, 4) is 11.5 Å². The van der Waals surface area contributed by atoms with Crippen LogP contribution in [0.2, 0.25) is 10.0 Å². The lowest BCUT2D eigenvalue weighted by atomic mass is 9.92. The molecular weight excluding hydrogens is 665 g/mol. The molecule has 1 saturated heterocycles. The van der Waals surface area contributed by atoms with Crippen LogP contribution in [-0.2, 0) is 16.4 Å². The number of nitrogens with one attached hydrogen (secondary N) is 1. The van der Waals surface area contributed by atoms with Gasteiger partial charge in [-0.15, -0.1) is 0 Å². The summed E-state index contributed by atoms with van der Waals surface area (Å²) >= 11 is 12.4. The summed E-state index contributed by atoms with van der Waals surface area (Å²) in [4.78, 5) is 18.9. The third-order valence-electron chi connectivity index (χ3n) is 8.59. The van der Waals surface area contributed by atoms with Gasteiger partial charge in [0.1, 0.15) is 23.6 Å². The number of amides is 1. The van der Waals surface area contributed by atoms with E-state index in [-0.39, 0.29) is 11.9 Å². The Morgan fingerprint density at radius 1 is 0.870 bits per heavy atom. The molecule has 12 heteroatoms. The summed E-state index contributed by atoms with van der Waals surface area (Å²) in [5.41, 5.74) is 3.91. The fourth-order valence-electron chi connectivity index (χ4n) is 6.10. The number of H-pyrrole nitrogens is 1. The molecule has 0 radical (unpaired) electrons. The van der Waals surface area contributed by atoms with E-state index in [1.54, 1.807) is 33.5 Å². The molecule has 0 aliphatic carbocycles. The standard InChI is InChI=1S/C34H39Cl2N3O5S2/c1-45(2,3)20-21-46(41,42)38-17-14-28(15-18-38)43-26-9-4-23(5-10-26)33-32-29(30-22-25(36)8-13-31(30)37-32)16-19-39(33)34(40)44-27-11-6-24(35)7-12-27/h4-13,22,28,33,37H,14-21H2,1-3H3/t33-/m0/s1. The predicted molar refractivity (Wildman–Crippen MR) is 189 cm³/mol. The monoisotopic (exact) mass is 703 g/mol. The predicted octanol–water partition coefficient (Wildman–Crippen LogP) is 7.49. The van der Waals surface area contributed by atoms with Crippen LogP contribution in [0.1, 0.15) is 35.7 Å². The van der Waals surface area contributed by atoms with Gasteiger partial charge >= 0.3 is 6.09 Å². The Bertz CT molecular complexity index is 1810. The Morgan fingerprint density at radius 3 is 2.20 bits per heavy atom. The molecule has 2 aliphatic rings. The number of carbonyl (C=O) groups is 1. The number of rotatable bonds is 8. The van der Waals surface area contributed by atoms with Crippen LogP contribution in [0, 0.1) is 0 Å². The summed E-state index contributed by atoms with van der Waals surface area (Å²) in [6, 6.07) is 19.9. The van der Waals surface area contributed by atoms with Gasteiger partial charge in [-0.3, -0.25) is 4.90 Å². The minimum atomic E-state index is -3.26. The Morgan fingerprint density at radius 2 is 1.52 bits per heavy atom. The normalized spacial score (nSPS) is 18.4. The lowest BCUT2D eigenvalue weighted by molar-refractivity contribution is 0.134. The average molecular weight is 705 g/mol. The van der Waals surface area contributed by atoms with E-state index in [0.29, 0.717) is 66.2 Å². The van der Waals surface area contributed by atoms with Gasteiger partial charge in [0.2, 0.25) is 10.0 Å². The van der Waals surface area contributed by atoms with Gasteiger partial charge in [-0.2, -0.15) is 0 Å². The maximum absolute atomic E-state index is 13.6. The van der Waals surface area contributed by atoms with Crippen LogP contribution in [-0.4, -0.2) is 84.7 Å². The van der Waals surface area contributed by atoms with Crippen molar-refractivity contribution in [1.29, 1.82) is 0 Å². The van der Waals surface area contributed by atoms with Gasteiger partial charge in [0.25, 0.3) is 0 Å². The highest BCUT2D eigenvalue weighted by Crippen LogP contribution is 2.40. The lowest BCUT2D eigenvalue weighted by Gasteiger charge is -2.35. The van der Waals surface area contributed by atoms with E-state index in [9.17, 15) is 13.2 Å². The van der Waals surface area contributed by atoms with Crippen molar-refractivity contribution in [2.24, 2.45) is 0 Å². The van der Waals surface area contributed by atoms with Crippen LogP contribution in [0.3, 0.4) is 0 Å². The number of aromatic amines is 1. The van der Waals surface area contributed by atoms with Crippen molar-refractivity contribution >= 4 is 60.2 Å². The van der Waals surface area contributed by atoms with Crippen molar-refractivity contribution in [2.75, 3.05) is 49.9 Å². The van der Waals surface area contributed by atoms with Gasteiger partial charge in [-0.25, -0.2) is 27.5 Å². The molecular formula is C34H39Cl2N3O5S2. The summed E-state index contributed by atoms with van der Waals surface area (Å²) in [5, 5.41) is 2.27. The van der Waals surface area contributed by atoms with Gasteiger partial charge in [-0.1, -0.05) is 35.3 Å². The van der Waals surface area contributed by atoms with Crippen LogP contribution < -0.4 is 9.47 Å². The molecule has 0 saturated carbocycles. The number of aromatic nitrogens is 1. The highest BCUT2D eigenvalue weighted by atomic mass is 35.5. The van der Waals surface area contributed by atoms with Gasteiger partial charge in [0.15, 0.2) is 0 Å². The highest BCUT2D eigenvalue weighted by molar-refractivity contribution is 8.32. The SMILES string of the molecule is CS(C)(C)CCS(=O)(=O)N1CCC(Oc2ccc([C@H]3c4[nH]c5ccc(Cl)cc5c4CCN3C(=O)Oc3ccc(Cl)cc3)cc2)CC1. The Labute approximate surface area is 282 Å². The number of hydrogen-bond donors (Lipinski definition) is 1. The highest BCUT2D eigenvalue weighted by Gasteiger charge is 2.36. The quantitative estimate of drug-likeness (QED) is 0.205. The molecule has 6 rings (SSSR count). The number of benzene rings is 3.